The topological polar surface area (TPSA) is 68.5 Å². The number of aryl methyl sites for hydroxylation is 1. The third-order valence-electron chi connectivity index (χ3n) is 3.93. The highest BCUT2D eigenvalue weighted by Crippen LogP contribution is 2.20. The number of amides is 1. The van der Waals surface area contributed by atoms with E-state index < -0.39 is 11.6 Å². The van der Waals surface area contributed by atoms with Crippen molar-refractivity contribution < 1.29 is 22.7 Å². The maximum absolute atomic E-state index is 13.6. The molecule has 3 aromatic rings. The summed E-state index contributed by atoms with van der Waals surface area (Å²) >= 11 is 0. The highest BCUT2D eigenvalue weighted by molar-refractivity contribution is 5.91. The highest BCUT2D eigenvalue weighted by Gasteiger charge is 2.18. The van der Waals surface area contributed by atoms with E-state index in [4.69, 9.17) is 9.15 Å². The lowest BCUT2D eigenvalue weighted by Gasteiger charge is -2.16. The Balaban J connectivity index is 1.63. The number of ether oxygens (including phenoxy) is 1. The molecular formula is C19H17F2N3O3. The van der Waals surface area contributed by atoms with Gasteiger partial charge in [0.2, 0.25) is 11.7 Å². The SMILES string of the molecule is Cc1cnccc1CN(C)C(=O)c1coc(COc2cccc(F)c2F)n1. The van der Waals surface area contributed by atoms with Crippen molar-refractivity contribution in [1.29, 1.82) is 0 Å². The van der Waals surface area contributed by atoms with Gasteiger partial charge >= 0.3 is 0 Å². The molecule has 0 saturated heterocycles. The van der Waals surface area contributed by atoms with Crippen molar-refractivity contribution in [2.45, 2.75) is 20.1 Å². The van der Waals surface area contributed by atoms with E-state index >= 15 is 0 Å². The van der Waals surface area contributed by atoms with Gasteiger partial charge in [0.25, 0.3) is 5.91 Å². The van der Waals surface area contributed by atoms with Crippen molar-refractivity contribution in [1.82, 2.24) is 14.9 Å². The molecule has 6 nitrogen and oxygen atoms in total. The molecule has 1 amide bonds. The maximum Gasteiger partial charge on any atom is 0.275 e. The Hall–Kier alpha value is -3.29. The van der Waals surface area contributed by atoms with Gasteiger partial charge in [-0.25, -0.2) is 9.37 Å². The van der Waals surface area contributed by atoms with Gasteiger partial charge in [0.15, 0.2) is 23.9 Å². The molecule has 0 aliphatic carbocycles. The van der Waals surface area contributed by atoms with E-state index in [0.29, 0.717) is 6.54 Å². The number of benzene rings is 1. The first kappa shape index (κ1) is 18.5. The summed E-state index contributed by atoms with van der Waals surface area (Å²) < 4.78 is 37.1. The number of halogens is 2. The van der Waals surface area contributed by atoms with Crippen LogP contribution in [0.5, 0.6) is 5.75 Å². The van der Waals surface area contributed by atoms with Crippen LogP contribution in [0.2, 0.25) is 0 Å². The van der Waals surface area contributed by atoms with Gasteiger partial charge in [0.1, 0.15) is 6.26 Å². The molecule has 0 unspecified atom stereocenters. The van der Waals surface area contributed by atoms with Crippen LogP contribution >= 0.6 is 0 Å². The van der Waals surface area contributed by atoms with Crippen molar-refractivity contribution in [3.63, 3.8) is 0 Å². The first-order chi connectivity index (χ1) is 13.0. The van der Waals surface area contributed by atoms with Crippen molar-refractivity contribution >= 4 is 5.91 Å². The number of carbonyl (C=O) groups excluding carboxylic acids is 1. The third kappa shape index (κ3) is 4.28. The summed E-state index contributed by atoms with van der Waals surface area (Å²) in [6.07, 6.45) is 4.60. The van der Waals surface area contributed by atoms with Crippen LogP contribution in [0.15, 0.2) is 47.3 Å². The molecule has 0 atom stereocenters. The van der Waals surface area contributed by atoms with Gasteiger partial charge in [0.05, 0.1) is 0 Å². The third-order valence-corrected chi connectivity index (χ3v) is 3.93. The second-order valence-corrected chi connectivity index (χ2v) is 5.93. The van der Waals surface area contributed by atoms with E-state index in [-0.39, 0.29) is 29.8 Å². The van der Waals surface area contributed by atoms with Gasteiger partial charge in [-0.3, -0.25) is 9.78 Å². The molecule has 2 aromatic heterocycles. The second kappa shape index (κ2) is 7.94. The lowest BCUT2D eigenvalue weighted by atomic mass is 10.1. The largest absolute Gasteiger partial charge is 0.481 e. The van der Waals surface area contributed by atoms with Crippen LogP contribution in [-0.4, -0.2) is 27.8 Å². The van der Waals surface area contributed by atoms with Crippen LogP contribution in [0.3, 0.4) is 0 Å². The Kier molecular flexibility index (Phi) is 5.44. The van der Waals surface area contributed by atoms with Gasteiger partial charge in [-0.1, -0.05) is 6.07 Å². The number of rotatable bonds is 6. The predicted octanol–water partition coefficient (Wildman–Crippen LogP) is 3.51. The summed E-state index contributed by atoms with van der Waals surface area (Å²) in [5.74, 6) is -2.61. The van der Waals surface area contributed by atoms with Crippen LogP contribution in [0.4, 0.5) is 8.78 Å². The summed E-state index contributed by atoms with van der Waals surface area (Å²) in [7, 11) is 1.65. The van der Waals surface area contributed by atoms with E-state index in [0.717, 1.165) is 17.2 Å². The minimum Gasteiger partial charge on any atom is -0.481 e. The van der Waals surface area contributed by atoms with Gasteiger partial charge in [0, 0.05) is 26.0 Å². The summed E-state index contributed by atoms with van der Waals surface area (Å²) in [5.41, 5.74) is 2.04. The smallest absolute Gasteiger partial charge is 0.275 e. The van der Waals surface area contributed by atoms with Crippen molar-refractivity contribution in [2.24, 2.45) is 0 Å². The fourth-order valence-corrected chi connectivity index (χ4v) is 2.41. The quantitative estimate of drug-likeness (QED) is 0.661. The molecule has 1 aromatic carbocycles. The van der Waals surface area contributed by atoms with Crippen LogP contribution < -0.4 is 4.74 Å². The molecule has 0 aliphatic rings. The first-order valence-corrected chi connectivity index (χ1v) is 8.12. The van der Waals surface area contributed by atoms with Crippen molar-refractivity contribution in [3.05, 3.63) is 77.3 Å². The van der Waals surface area contributed by atoms with Gasteiger partial charge < -0.3 is 14.1 Å². The van der Waals surface area contributed by atoms with Crippen LogP contribution in [-0.2, 0) is 13.2 Å². The average molecular weight is 373 g/mol. The summed E-state index contributed by atoms with van der Waals surface area (Å²) in [4.78, 5) is 22.1. The zero-order chi connectivity index (χ0) is 19.4. The standard InChI is InChI=1S/C19H17F2N3O3/c1-12-8-22-7-6-13(12)9-24(2)19(25)15-10-27-17(23-15)11-26-16-5-3-4-14(20)18(16)21/h3-8,10H,9,11H2,1-2H3. The number of hydrogen-bond donors (Lipinski definition) is 0. The second-order valence-electron chi connectivity index (χ2n) is 5.93. The molecule has 3 rings (SSSR count). The molecule has 140 valence electrons. The lowest BCUT2D eigenvalue weighted by molar-refractivity contribution is 0.0779. The summed E-state index contributed by atoms with van der Waals surface area (Å²) in [5, 5.41) is 0. The Bertz CT molecular complexity index is 959. The number of oxazole rings is 1. The Morgan fingerprint density at radius 1 is 1.30 bits per heavy atom. The Morgan fingerprint density at radius 2 is 2.11 bits per heavy atom. The maximum atomic E-state index is 13.6. The molecule has 0 radical (unpaired) electrons. The number of hydrogen-bond acceptors (Lipinski definition) is 5. The van der Waals surface area contributed by atoms with E-state index in [1.807, 2.05) is 13.0 Å². The zero-order valence-corrected chi connectivity index (χ0v) is 14.8. The predicted molar refractivity (Wildman–Crippen MR) is 92.0 cm³/mol. The molecule has 0 N–H and O–H groups in total. The number of aromatic nitrogens is 2. The molecule has 2 heterocycles. The minimum absolute atomic E-state index is 0.0792. The van der Waals surface area contributed by atoms with E-state index in [9.17, 15) is 13.6 Å². The summed E-state index contributed by atoms with van der Waals surface area (Å²) in [6, 6.07) is 5.45. The highest BCUT2D eigenvalue weighted by atomic mass is 19.2. The molecule has 0 bridgehead atoms. The van der Waals surface area contributed by atoms with E-state index in [1.54, 1.807) is 19.4 Å². The average Bonchev–Trinajstić information content (AvgIpc) is 3.13. The molecule has 27 heavy (non-hydrogen) atoms. The van der Waals surface area contributed by atoms with Gasteiger partial charge in [-0.05, 0) is 36.2 Å². The van der Waals surface area contributed by atoms with E-state index in [2.05, 4.69) is 9.97 Å². The van der Waals surface area contributed by atoms with Crippen LogP contribution in [0.25, 0.3) is 0 Å². The molecule has 0 spiro atoms. The normalized spacial score (nSPS) is 10.7. The molecule has 0 fully saturated rings. The molecular weight excluding hydrogens is 356 g/mol. The number of carbonyl (C=O) groups is 1. The van der Waals surface area contributed by atoms with E-state index in [1.165, 1.54) is 23.3 Å². The first-order valence-electron chi connectivity index (χ1n) is 8.12. The van der Waals surface area contributed by atoms with Crippen molar-refractivity contribution in [2.75, 3.05) is 7.05 Å². The van der Waals surface area contributed by atoms with Crippen LogP contribution in [0, 0.1) is 18.6 Å². The summed E-state index contributed by atoms with van der Waals surface area (Å²) in [6.45, 7) is 2.07. The number of nitrogens with zero attached hydrogens (tertiary/aromatic N) is 3. The van der Waals surface area contributed by atoms with Gasteiger partial charge in [-0.15, -0.1) is 0 Å². The monoisotopic (exact) mass is 373 g/mol. The zero-order valence-electron chi connectivity index (χ0n) is 14.8. The molecule has 8 heteroatoms. The number of pyridine rings is 1. The lowest BCUT2D eigenvalue weighted by Crippen LogP contribution is -2.26. The fraction of sp³-hybridized carbons (Fsp3) is 0.211. The molecule has 0 aliphatic heterocycles. The van der Waals surface area contributed by atoms with Gasteiger partial charge in [-0.2, -0.15) is 4.39 Å². The van der Waals surface area contributed by atoms with Crippen LogP contribution in [0.1, 0.15) is 27.5 Å². The minimum atomic E-state index is -1.09. The Labute approximate surface area is 154 Å². The van der Waals surface area contributed by atoms with Crippen molar-refractivity contribution in [3.8, 4) is 5.75 Å². The fourth-order valence-electron chi connectivity index (χ4n) is 2.41. The molecule has 0 saturated carbocycles. The Morgan fingerprint density at radius 3 is 2.89 bits per heavy atom.